The molecule has 2 N–H and O–H groups in total. The third-order valence-electron chi connectivity index (χ3n) is 3.26. The predicted molar refractivity (Wildman–Crippen MR) is 73.4 cm³/mol. The molecule has 0 saturated carbocycles. The quantitative estimate of drug-likeness (QED) is 0.852. The number of aryl methyl sites for hydroxylation is 1. The van der Waals surface area contributed by atoms with E-state index in [-0.39, 0.29) is 6.04 Å². The Morgan fingerprint density at radius 2 is 2.26 bits per heavy atom. The first-order chi connectivity index (χ1) is 8.99. The van der Waals surface area contributed by atoms with Gasteiger partial charge in [0.25, 0.3) is 0 Å². The summed E-state index contributed by atoms with van der Waals surface area (Å²) in [6.45, 7) is 4.29. The maximum atomic E-state index is 10.5. The van der Waals surface area contributed by atoms with Crippen molar-refractivity contribution in [3.8, 4) is 0 Å². The van der Waals surface area contributed by atoms with Gasteiger partial charge in [0, 0.05) is 43.8 Å². The smallest absolute Gasteiger partial charge is 0.102 e. The van der Waals surface area contributed by atoms with E-state index in [2.05, 4.69) is 22.3 Å². The molecule has 2 rings (SSSR count). The molecule has 0 radical (unpaired) electrons. The molecule has 0 spiro atoms. The Labute approximate surface area is 113 Å². The van der Waals surface area contributed by atoms with E-state index >= 15 is 0 Å². The van der Waals surface area contributed by atoms with Crippen LogP contribution in [0.25, 0.3) is 0 Å². The molecule has 0 aliphatic rings. The second-order valence-corrected chi connectivity index (χ2v) is 5.07. The summed E-state index contributed by atoms with van der Waals surface area (Å²) >= 11 is 0. The zero-order chi connectivity index (χ0) is 13.9. The molecule has 2 aromatic heterocycles. The van der Waals surface area contributed by atoms with Crippen molar-refractivity contribution in [2.24, 2.45) is 7.05 Å². The Bertz CT molecular complexity index is 521. The normalized spacial score (nSPS) is 16.0. The van der Waals surface area contributed by atoms with E-state index in [1.54, 1.807) is 24.0 Å². The predicted octanol–water partition coefficient (Wildman–Crippen LogP) is 1.37. The minimum Gasteiger partial charge on any atom is -0.384 e. The number of rotatable bonds is 5. The van der Waals surface area contributed by atoms with Gasteiger partial charge in [0.05, 0.1) is 6.20 Å². The summed E-state index contributed by atoms with van der Waals surface area (Å²) in [5.41, 5.74) is 0.968. The lowest BCUT2D eigenvalue weighted by Crippen LogP contribution is -2.36. The highest BCUT2D eigenvalue weighted by Gasteiger charge is 2.25. The van der Waals surface area contributed by atoms with Crippen LogP contribution in [0.1, 0.15) is 31.0 Å². The van der Waals surface area contributed by atoms with Crippen LogP contribution in [0.4, 0.5) is 0 Å². The highest BCUT2D eigenvalue weighted by molar-refractivity contribution is 5.16. The van der Waals surface area contributed by atoms with Gasteiger partial charge in [-0.05, 0) is 25.5 Å². The van der Waals surface area contributed by atoms with Crippen LogP contribution < -0.4 is 5.32 Å². The topological polar surface area (TPSA) is 63.0 Å². The molecule has 0 bridgehead atoms. The third-order valence-corrected chi connectivity index (χ3v) is 3.26. The number of nitrogens with zero attached hydrogens (tertiary/aromatic N) is 3. The zero-order valence-electron chi connectivity index (χ0n) is 11.5. The summed E-state index contributed by atoms with van der Waals surface area (Å²) < 4.78 is 1.69. The largest absolute Gasteiger partial charge is 0.384 e. The number of aromatic nitrogens is 3. The molecule has 0 aromatic carbocycles. The Morgan fingerprint density at radius 3 is 2.84 bits per heavy atom. The van der Waals surface area contributed by atoms with Crippen molar-refractivity contribution >= 4 is 0 Å². The lowest BCUT2D eigenvalue weighted by molar-refractivity contribution is 0.0543. The van der Waals surface area contributed by atoms with Gasteiger partial charge in [0.2, 0.25) is 0 Å². The highest BCUT2D eigenvalue weighted by atomic mass is 16.3. The van der Waals surface area contributed by atoms with Gasteiger partial charge in [-0.15, -0.1) is 0 Å². The Kier molecular flexibility index (Phi) is 3.97. The van der Waals surface area contributed by atoms with Crippen LogP contribution in [0.15, 0.2) is 36.9 Å². The molecule has 2 unspecified atom stereocenters. The molecular weight excluding hydrogens is 240 g/mol. The molecule has 5 heteroatoms. The van der Waals surface area contributed by atoms with E-state index in [4.69, 9.17) is 0 Å². The van der Waals surface area contributed by atoms with E-state index < -0.39 is 5.60 Å². The van der Waals surface area contributed by atoms with Crippen LogP contribution in [0.5, 0.6) is 0 Å². The van der Waals surface area contributed by atoms with Gasteiger partial charge in [-0.25, -0.2) is 0 Å². The van der Waals surface area contributed by atoms with Crippen molar-refractivity contribution < 1.29 is 5.11 Å². The van der Waals surface area contributed by atoms with Crippen LogP contribution >= 0.6 is 0 Å². The molecule has 5 nitrogen and oxygen atoms in total. The molecule has 0 aliphatic carbocycles. The maximum absolute atomic E-state index is 10.5. The minimum atomic E-state index is -0.940. The van der Waals surface area contributed by atoms with E-state index in [0.717, 1.165) is 11.1 Å². The SMILES string of the molecule is CC(NCC(C)(O)c1cnn(C)c1)c1cccnc1. The Balaban J connectivity index is 1.98. The summed E-state index contributed by atoms with van der Waals surface area (Å²) in [7, 11) is 1.84. The third kappa shape index (κ3) is 3.39. The Morgan fingerprint density at radius 1 is 1.47 bits per heavy atom. The molecule has 2 atom stereocenters. The molecule has 0 saturated heterocycles. The van der Waals surface area contributed by atoms with Crippen molar-refractivity contribution in [1.82, 2.24) is 20.1 Å². The maximum Gasteiger partial charge on any atom is 0.102 e. The van der Waals surface area contributed by atoms with Gasteiger partial charge in [0.15, 0.2) is 0 Å². The molecule has 2 aromatic rings. The van der Waals surface area contributed by atoms with Crippen LogP contribution in [0.3, 0.4) is 0 Å². The standard InChI is InChI=1S/C14H20N4O/c1-11(12-5-4-6-15-7-12)16-10-14(2,19)13-8-17-18(3)9-13/h4-9,11,16,19H,10H2,1-3H3. The number of aliphatic hydroxyl groups is 1. The summed E-state index contributed by atoms with van der Waals surface area (Å²) in [5.74, 6) is 0. The summed E-state index contributed by atoms with van der Waals surface area (Å²) in [4.78, 5) is 4.10. The van der Waals surface area contributed by atoms with E-state index in [1.807, 2.05) is 31.6 Å². The number of hydrogen-bond donors (Lipinski definition) is 2. The van der Waals surface area contributed by atoms with Gasteiger partial charge in [-0.2, -0.15) is 5.10 Å². The van der Waals surface area contributed by atoms with Crippen LogP contribution in [-0.4, -0.2) is 26.4 Å². The fraction of sp³-hybridized carbons (Fsp3) is 0.429. The average Bonchev–Trinajstić information content (AvgIpc) is 2.85. The fourth-order valence-corrected chi connectivity index (χ4v) is 1.90. The van der Waals surface area contributed by atoms with Crippen LogP contribution in [0, 0.1) is 0 Å². The Hall–Kier alpha value is -1.72. The number of pyridine rings is 1. The first kappa shape index (κ1) is 13.7. The molecule has 0 fully saturated rings. The van der Waals surface area contributed by atoms with Crippen molar-refractivity contribution in [2.45, 2.75) is 25.5 Å². The van der Waals surface area contributed by atoms with Crippen molar-refractivity contribution in [3.63, 3.8) is 0 Å². The molecular formula is C14H20N4O. The van der Waals surface area contributed by atoms with Gasteiger partial charge in [-0.1, -0.05) is 6.07 Å². The first-order valence-electron chi connectivity index (χ1n) is 6.34. The highest BCUT2D eigenvalue weighted by Crippen LogP contribution is 2.20. The molecule has 2 heterocycles. The van der Waals surface area contributed by atoms with Gasteiger partial charge < -0.3 is 10.4 Å². The average molecular weight is 260 g/mol. The van der Waals surface area contributed by atoms with Crippen LogP contribution in [-0.2, 0) is 12.6 Å². The van der Waals surface area contributed by atoms with Gasteiger partial charge in [-0.3, -0.25) is 9.67 Å². The lowest BCUT2D eigenvalue weighted by atomic mass is 9.99. The van der Waals surface area contributed by atoms with Crippen molar-refractivity contribution in [2.75, 3.05) is 6.54 Å². The molecule has 0 amide bonds. The fourth-order valence-electron chi connectivity index (χ4n) is 1.90. The minimum absolute atomic E-state index is 0.136. The van der Waals surface area contributed by atoms with E-state index in [0.29, 0.717) is 6.54 Å². The molecule has 0 aliphatic heterocycles. The van der Waals surface area contributed by atoms with E-state index in [9.17, 15) is 5.11 Å². The summed E-state index contributed by atoms with van der Waals surface area (Å²) in [6.07, 6.45) is 7.10. The number of nitrogens with one attached hydrogen (secondary N) is 1. The molecule has 19 heavy (non-hydrogen) atoms. The molecule has 102 valence electrons. The monoisotopic (exact) mass is 260 g/mol. The van der Waals surface area contributed by atoms with Gasteiger partial charge in [0.1, 0.15) is 5.60 Å². The van der Waals surface area contributed by atoms with E-state index in [1.165, 1.54) is 0 Å². The number of hydrogen-bond acceptors (Lipinski definition) is 4. The lowest BCUT2D eigenvalue weighted by Gasteiger charge is -2.25. The van der Waals surface area contributed by atoms with Crippen molar-refractivity contribution in [3.05, 3.63) is 48.0 Å². The van der Waals surface area contributed by atoms with Gasteiger partial charge >= 0.3 is 0 Å². The summed E-state index contributed by atoms with van der Waals surface area (Å²) in [5, 5.41) is 17.9. The van der Waals surface area contributed by atoms with Crippen LogP contribution in [0.2, 0.25) is 0 Å². The summed E-state index contributed by atoms with van der Waals surface area (Å²) in [6, 6.07) is 4.06. The second kappa shape index (κ2) is 5.50. The first-order valence-corrected chi connectivity index (χ1v) is 6.34. The van der Waals surface area contributed by atoms with Crippen molar-refractivity contribution in [1.29, 1.82) is 0 Å². The second-order valence-electron chi connectivity index (χ2n) is 5.07. The zero-order valence-corrected chi connectivity index (χ0v) is 11.5.